The quantitative estimate of drug-likeness (QED) is 0.781. The van der Waals surface area contributed by atoms with Crippen LogP contribution in [0, 0.1) is 0 Å². The summed E-state index contributed by atoms with van der Waals surface area (Å²) in [4.78, 5) is 11.0. The van der Waals surface area contributed by atoms with E-state index in [0.717, 1.165) is 0 Å². The first-order valence-electron chi connectivity index (χ1n) is 5.85. The first kappa shape index (κ1) is 14.8. The van der Waals surface area contributed by atoms with Crippen LogP contribution in [0.25, 0.3) is 0 Å². The fourth-order valence-corrected chi connectivity index (χ4v) is 1.70. The molecule has 0 aromatic heterocycles. The molecule has 4 nitrogen and oxygen atoms in total. The molecule has 1 amide bonds. The Morgan fingerprint density at radius 2 is 2.28 bits per heavy atom. The van der Waals surface area contributed by atoms with E-state index in [-0.39, 0.29) is 5.91 Å². The number of carbonyl (C=O) groups is 1. The fraction of sp³-hybridized carbons (Fsp3) is 0.462. The summed E-state index contributed by atoms with van der Waals surface area (Å²) in [5.74, 6) is 0.594. The van der Waals surface area contributed by atoms with Gasteiger partial charge in [-0.05, 0) is 31.5 Å². The van der Waals surface area contributed by atoms with E-state index in [0.29, 0.717) is 35.8 Å². The Kier molecular flexibility index (Phi) is 5.95. The summed E-state index contributed by atoms with van der Waals surface area (Å²) in [5, 5.41) is 12.7. The number of aliphatic hydroxyl groups is 1. The van der Waals surface area contributed by atoms with Crippen LogP contribution < -0.4 is 10.1 Å². The minimum Gasteiger partial charge on any atom is -0.493 e. The molecular weight excluding hydrogens is 254 g/mol. The van der Waals surface area contributed by atoms with Crippen LogP contribution >= 0.6 is 11.6 Å². The topological polar surface area (TPSA) is 58.6 Å². The van der Waals surface area contributed by atoms with Crippen molar-refractivity contribution in [2.45, 2.75) is 25.9 Å². The summed E-state index contributed by atoms with van der Waals surface area (Å²) in [5.41, 5.74) is 0.655. The first-order valence-corrected chi connectivity index (χ1v) is 6.23. The lowest BCUT2D eigenvalue weighted by Gasteiger charge is -2.13. The van der Waals surface area contributed by atoms with Gasteiger partial charge in [-0.15, -0.1) is 0 Å². The molecular formula is C13H18ClNO3. The molecule has 0 aliphatic heterocycles. The fourth-order valence-electron chi connectivity index (χ4n) is 1.52. The van der Waals surface area contributed by atoms with Gasteiger partial charge in [0.25, 0.3) is 0 Å². The van der Waals surface area contributed by atoms with E-state index >= 15 is 0 Å². The number of ether oxygens (including phenoxy) is 1. The summed E-state index contributed by atoms with van der Waals surface area (Å²) in [7, 11) is 1.61. The third-order valence-electron chi connectivity index (χ3n) is 2.51. The number of hydrogen-bond donors (Lipinski definition) is 2. The molecule has 18 heavy (non-hydrogen) atoms. The highest BCUT2D eigenvalue weighted by atomic mass is 35.5. The highest BCUT2D eigenvalue weighted by Gasteiger charge is 2.10. The number of amides is 1. The van der Waals surface area contributed by atoms with Gasteiger partial charge in [-0.1, -0.05) is 11.6 Å². The van der Waals surface area contributed by atoms with Crippen molar-refractivity contribution >= 4 is 17.5 Å². The smallest absolute Gasteiger partial charge is 0.219 e. The molecule has 5 heteroatoms. The van der Waals surface area contributed by atoms with Gasteiger partial charge < -0.3 is 15.2 Å². The predicted molar refractivity (Wildman–Crippen MR) is 70.9 cm³/mol. The van der Waals surface area contributed by atoms with Gasteiger partial charge in [0.15, 0.2) is 0 Å². The van der Waals surface area contributed by atoms with Crippen LogP contribution in [0.4, 0.5) is 0 Å². The summed E-state index contributed by atoms with van der Waals surface area (Å²) in [6.45, 7) is 2.08. The third kappa shape index (κ3) is 4.55. The van der Waals surface area contributed by atoms with Crippen LogP contribution in [0.5, 0.6) is 5.75 Å². The molecule has 2 N–H and O–H groups in total. The summed E-state index contributed by atoms with van der Waals surface area (Å²) < 4.78 is 5.55. The molecule has 0 saturated carbocycles. The molecule has 0 heterocycles. The molecule has 0 unspecified atom stereocenters. The Morgan fingerprint density at radius 1 is 1.56 bits per heavy atom. The second kappa shape index (κ2) is 7.24. The van der Waals surface area contributed by atoms with Gasteiger partial charge in [0.05, 0.1) is 12.7 Å². The number of aliphatic hydroxyl groups excluding tert-OH is 1. The highest BCUT2D eigenvalue weighted by molar-refractivity contribution is 6.30. The maximum absolute atomic E-state index is 11.0. The molecule has 0 aliphatic rings. The van der Waals surface area contributed by atoms with Crippen molar-refractivity contribution in [3.8, 4) is 5.75 Å². The number of carbonyl (C=O) groups excluding carboxylic acids is 1. The van der Waals surface area contributed by atoms with Gasteiger partial charge >= 0.3 is 0 Å². The minimum absolute atomic E-state index is 0.00884. The zero-order valence-electron chi connectivity index (χ0n) is 10.6. The van der Waals surface area contributed by atoms with E-state index in [1.807, 2.05) is 0 Å². The van der Waals surface area contributed by atoms with Gasteiger partial charge in [0.1, 0.15) is 5.75 Å². The molecule has 1 aromatic rings. The van der Waals surface area contributed by atoms with E-state index in [4.69, 9.17) is 16.3 Å². The van der Waals surface area contributed by atoms with Gasteiger partial charge in [-0.2, -0.15) is 0 Å². The number of benzene rings is 1. The van der Waals surface area contributed by atoms with E-state index in [9.17, 15) is 9.90 Å². The first-order chi connectivity index (χ1) is 8.54. The summed E-state index contributed by atoms with van der Waals surface area (Å²) >= 11 is 5.86. The van der Waals surface area contributed by atoms with Crippen molar-refractivity contribution in [2.24, 2.45) is 0 Å². The van der Waals surface area contributed by atoms with Crippen LogP contribution in [-0.2, 0) is 4.79 Å². The lowest BCUT2D eigenvalue weighted by molar-refractivity contribution is -0.120. The number of nitrogens with one attached hydrogen (secondary N) is 1. The Labute approximate surface area is 112 Å². The van der Waals surface area contributed by atoms with Gasteiger partial charge in [-0.25, -0.2) is 0 Å². The van der Waals surface area contributed by atoms with E-state index < -0.39 is 6.10 Å². The second-order valence-electron chi connectivity index (χ2n) is 3.98. The van der Waals surface area contributed by atoms with Crippen molar-refractivity contribution < 1.29 is 14.6 Å². The van der Waals surface area contributed by atoms with Crippen molar-refractivity contribution in [2.75, 3.05) is 13.7 Å². The monoisotopic (exact) mass is 271 g/mol. The molecule has 0 saturated heterocycles. The molecule has 0 aliphatic carbocycles. The van der Waals surface area contributed by atoms with Crippen molar-refractivity contribution in [1.29, 1.82) is 0 Å². The Morgan fingerprint density at radius 3 is 2.89 bits per heavy atom. The number of hydrogen-bond acceptors (Lipinski definition) is 3. The minimum atomic E-state index is -0.641. The molecule has 1 atom stereocenters. The average Bonchev–Trinajstić information content (AvgIpc) is 2.35. The molecule has 0 spiro atoms. The van der Waals surface area contributed by atoms with Crippen LogP contribution in [0.2, 0.25) is 5.02 Å². The average molecular weight is 272 g/mol. The van der Waals surface area contributed by atoms with Crippen molar-refractivity contribution in [3.05, 3.63) is 28.8 Å². The molecule has 0 fully saturated rings. The maximum Gasteiger partial charge on any atom is 0.219 e. The Balaban J connectivity index is 2.54. The standard InChI is InChI=1S/C13H18ClNO3/c1-9(16)11-8-10(14)5-6-12(11)18-7-3-4-13(17)15-2/h5-6,8-9,16H,3-4,7H2,1-2H3,(H,15,17)/t9-/m0/s1. The normalized spacial score (nSPS) is 12.0. The molecule has 100 valence electrons. The lowest BCUT2D eigenvalue weighted by Crippen LogP contribution is -2.18. The molecule has 1 aromatic carbocycles. The number of rotatable bonds is 6. The van der Waals surface area contributed by atoms with Crippen molar-refractivity contribution in [1.82, 2.24) is 5.32 Å². The molecule has 0 radical (unpaired) electrons. The zero-order chi connectivity index (χ0) is 13.5. The summed E-state index contributed by atoms with van der Waals surface area (Å²) in [6.07, 6.45) is 0.410. The third-order valence-corrected chi connectivity index (χ3v) is 2.74. The van der Waals surface area contributed by atoms with E-state index in [1.54, 1.807) is 32.2 Å². The van der Waals surface area contributed by atoms with Gasteiger partial charge in [0.2, 0.25) is 5.91 Å². The lowest BCUT2D eigenvalue weighted by atomic mass is 10.1. The predicted octanol–water partition coefficient (Wildman–Crippen LogP) is 2.30. The Hall–Kier alpha value is -1.26. The SMILES string of the molecule is CNC(=O)CCCOc1ccc(Cl)cc1[C@H](C)O. The van der Waals surface area contributed by atoms with Crippen LogP contribution in [0.15, 0.2) is 18.2 Å². The number of halogens is 1. The van der Waals surface area contributed by atoms with Gasteiger partial charge in [-0.3, -0.25) is 4.79 Å². The largest absolute Gasteiger partial charge is 0.493 e. The highest BCUT2D eigenvalue weighted by Crippen LogP contribution is 2.28. The Bertz CT molecular complexity index is 407. The maximum atomic E-state index is 11.0. The van der Waals surface area contributed by atoms with Crippen LogP contribution in [0.1, 0.15) is 31.4 Å². The van der Waals surface area contributed by atoms with Gasteiger partial charge in [0, 0.05) is 24.1 Å². The zero-order valence-corrected chi connectivity index (χ0v) is 11.3. The van der Waals surface area contributed by atoms with E-state index in [1.165, 1.54) is 0 Å². The second-order valence-corrected chi connectivity index (χ2v) is 4.42. The summed E-state index contributed by atoms with van der Waals surface area (Å²) in [6, 6.07) is 5.12. The molecule has 1 rings (SSSR count). The van der Waals surface area contributed by atoms with Crippen molar-refractivity contribution in [3.63, 3.8) is 0 Å². The van der Waals surface area contributed by atoms with Crippen LogP contribution in [0.3, 0.4) is 0 Å². The van der Waals surface area contributed by atoms with E-state index in [2.05, 4.69) is 5.32 Å². The molecule has 0 bridgehead atoms. The van der Waals surface area contributed by atoms with Crippen LogP contribution in [-0.4, -0.2) is 24.7 Å².